The molecule has 0 unspecified atom stereocenters. The smallest absolute Gasteiger partial charge is 0.335 e. The number of aromatic carboxylic acids is 1. The Labute approximate surface area is 120 Å². The van der Waals surface area contributed by atoms with Crippen LogP contribution in [0.25, 0.3) is 0 Å². The molecule has 2 aromatic carbocycles. The molecule has 1 N–H and O–H groups in total. The zero-order valence-electron chi connectivity index (χ0n) is 11.5. The van der Waals surface area contributed by atoms with Gasteiger partial charge in [0.25, 0.3) is 5.69 Å². The number of benzene rings is 2. The molecule has 0 radical (unpaired) electrons. The Hall–Kier alpha value is -2.89. The number of carbonyl (C=O) groups is 1. The summed E-state index contributed by atoms with van der Waals surface area (Å²) in [6.07, 6.45) is 0. The molecule has 108 valence electrons. The predicted molar refractivity (Wildman–Crippen MR) is 76.0 cm³/mol. The highest BCUT2D eigenvalue weighted by Crippen LogP contribution is 2.31. The second-order valence-electron chi connectivity index (χ2n) is 4.59. The van der Waals surface area contributed by atoms with Gasteiger partial charge in [-0.25, -0.2) is 4.79 Å². The molecule has 6 nitrogen and oxygen atoms in total. The topological polar surface area (TPSA) is 89.7 Å². The van der Waals surface area contributed by atoms with Gasteiger partial charge in [0.05, 0.1) is 16.6 Å². The van der Waals surface area contributed by atoms with Crippen molar-refractivity contribution in [3.63, 3.8) is 0 Å². The highest BCUT2D eigenvalue weighted by molar-refractivity contribution is 5.88. The monoisotopic (exact) mass is 287 g/mol. The number of carboxylic acid groups (broad SMARTS) is 1. The fourth-order valence-electron chi connectivity index (χ4n) is 1.83. The van der Waals surface area contributed by atoms with Crippen molar-refractivity contribution in [1.29, 1.82) is 0 Å². The first kappa shape index (κ1) is 14.5. The van der Waals surface area contributed by atoms with Gasteiger partial charge in [-0.2, -0.15) is 0 Å². The van der Waals surface area contributed by atoms with Crippen molar-refractivity contribution in [2.24, 2.45) is 0 Å². The van der Waals surface area contributed by atoms with E-state index in [0.29, 0.717) is 17.1 Å². The second kappa shape index (κ2) is 5.62. The summed E-state index contributed by atoms with van der Waals surface area (Å²) in [6, 6.07) is 8.82. The summed E-state index contributed by atoms with van der Waals surface area (Å²) in [4.78, 5) is 21.2. The van der Waals surface area contributed by atoms with Crippen LogP contribution in [0.15, 0.2) is 36.4 Å². The molecule has 2 rings (SSSR count). The van der Waals surface area contributed by atoms with E-state index in [4.69, 9.17) is 9.84 Å². The summed E-state index contributed by atoms with van der Waals surface area (Å²) in [5.41, 5.74) is 1.49. The molecule has 0 aliphatic carbocycles. The Bertz CT molecular complexity index is 724. The van der Waals surface area contributed by atoms with E-state index < -0.39 is 10.9 Å². The van der Waals surface area contributed by atoms with E-state index in [2.05, 4.69) is 0 Å². The first-order valence-corrected chi connectivity index (χ1v) is 6.15. The van der Waals surface area contributed by atoms with Gasteiger partial charge in [0.2, 0.25) is 0 Å². The molecule has 2 aromatic rings. The second-order valence-corrected chi connectivity index (χ2v) is 4.59. The molecule has 0 aliphatic rings. The molecule has 0 aromatic heterocycles. The van der Waals surface area contributed by atoms with Crippen LogP contribution in [-0.4, -0.2) is 16.0 Å². The molecule has 0 saturated heterocycles. The lowest BCUT2D eigenvalue weighted by Crippen LogP contribution is -1.98. The summed E-state index contributed by atoms with van der Waals surface area (Å²) in [5, 5.41) is 19.7. The number of nitrogens with zero attached hydrogens (tertiary/aromatic N) is 1. The third kappa shape index (κ3) is 3.17. The fourth-order valence-corrected chi connectivity index (χ4v) is 1.83. The first-order valence-electron chi connectivity index (χ1n) is 6.15. The van der Waals surface area contributed by atoms with Crippen molar-refractivity contribution in [2.75, 3.05) is 0 Å². The van der Waals surface area contributed by atoms with Gasteiger partial charge in [-0.05, 0) is 49.2 Å². The van der Waals surface area contributed by atoms with E-state index in [1.54, 1.807) is 19.9 Å². The van der Waals surface area contributed by atoms with Crippen LogP contribution in [0.4, 0.5) is 5.69 Å². The van der Waals surface area contributed by atoms with Crippen molar-refractivity contribution >= 4 is 11.7 Å². The quantitative estimate of drug-likeness (QED) is 0.684. The van der Waals surface area contributed by atoms with Crippen molar-refractivity contribution < 1.29 is 19.6 Å². The lowest BCUT2D eigenvalue weighted by molar-refractivity contribution is -0.384. The molecule has 6 heteroatoms. The minimum atomic E-state index is -1.02. The van der Waals surface area contributed by atoms with Crippen molar-refractivity contribution in [2.45, 2.75) is 13.8 Å². The SMILES string of the molecule is Cc1cc(C(=O)O)ccc1Oc1cc([N+](=O)[O-])ccc1C. The van der Waals surface area contributed by atoms with E-state index in [1.165, 1.54) is 30.3 Å². The third-order valence-corrected chi connectivity index (χ3v) is 3.02. The molecule has 0 fully saturated rings. The number of aryl methyl sites for hydroxylation is 2. The molecule has 0 amide bonds. The largest absolute Gasteiger partial charge is 0.478 e. The van der Waals surface area contributed by atoms with Gasteiger partial charge < -0.3 is 9.84 Å². The Morgan fingerprint density at radius 1 is 1.10 bits per heavy atom. The summed E-state index contributed by atoms with van der Waals surface area (Å²) in [6.45, 7) is 3.49. The normalized spacial score (nSPS) is 10.2. The standard InChI is InChI=1S/C15H13NO5/c1-9-3-5-12(16(19)20)8-14(9)21-13-6-4-11(15(17)18)7-10(13)2/h3-8H,1-2H3,(H,17,18). The number of nitro benzene ring substituents is 1. The average Bonchev–Trinajstić information content (AvgIpc) is 2.42. The van der Waals surface area contributed by atoms with E-state index >= 15 is 0 Å². The zero-order chi connectivity index (χ0) is 15.6. The lowest BCUT2D eigenvalue weighted by atomic mass is 10.1. The lowest BCUT2D eigenvalue weighted by Gasteiger charge is -2.11. The summed E-state index contributed by atoms with van der Waals surface area (Å²) in [7, 11) is 0. The number of carboxylic acids is 1. The number of nitro groups is 1. The minimum Gasteiger partial charge on any atom is -0.478 e. The Balaban J connectivity index is 2.36. The van der Waals surface area contributed by atoms with Crippen LogP contribution in [-0.2, 0) is 0 Å². The molecular formula is C15H13NO5. The van der Waals surface area contributed by atoms with Gasteiger partial charge in [-0.15, -0.1) is 0 Å². The molecule has 0 atom stereocenters. The number of non-ortho nitro benzene ring substituents is 1. The van der Waals surface area contributed by atoms with Crippen LogP contribution < -0.4 is 4.74 Å². The van der Waals surface area contributed by atoms with Gasteiger partial charge in [0.15, 0.2) is 0 Å². The van der Waals surface area contributed by atoms with Crippen LogP contribution in [0.1, 0.15) is 21.5 Å². The third-order valence-electron chi connectivity index (χ3n) is 3.02. The average molecular weight is 287 g/mol. The first-order chi connectivity index (χ1) is 9.88. The van der Waals surface area contributed by atoms with E-state index in [1.807, 2.05) is 0 Å². The summed E-state index contributed by atoms with van der Waals surface area (Å²) < 4.78 is 5.67. The van der Waals surface area contributed by atoms with E-state index in [9.17, 15) is 14.9 Å². The maximum atomic E-state index is 10.9. The molecule has 21 heavy (non-hydrogen) atoms. The number of hydrogen-bond donors (Lipinski definition) is 1. The zero-order valence-corrected chi connectivity index (χ0v) is 11.5. The molecule has 0 aliphatic heterocycles. The van der Waals surface area contributed by atoms with Crippen LogP contribution in [0, 0.1) is 24.0 Å². The molecular weight excluding hydrogens is 274 g/mol. The van der Waals surface area contributed by atoms with Gasteiger partial charge in [0.1, 0.15) is 11.5 Å². The molecule has 0 heterocycles. The van der Waals surface area contributed by atoms with Crippen LogP contribution in [0.3, 0.4) is 0 Å². The van der Waals surface area contributed by atoms with Crippen molar-refractivity contribution in [1.82, 2.24) is 0 Å². The maximum Gasteiger partial charge on any atom is 0.335 e. The van der Waals surface area contributed by atoms with E-state index in [-0.39, 0.29) is 11.3 Å². The van der Waals surface area contributed by atoms with E-state index in [0.717, 1.165) is 5.56 Å². The van der Waals surface area contributed by atoms with Gasteiger partial charge in [-0.3, -0.25) is 10.1 Å². The van der Waals surface area contributed by atoms with Crippen LogP contribution >= 0.6 is 0 Å². The molecule has 0 saturated carbocycles. The summed E-state index contributed by atoms with van der Waals surface area (Å²) in [5.74, 6) is -0.185. The Morgan fingerprint density at radius 2 is 1.81 bits per heavy atom. The van der Waals surface area contributed by atoms with Gasteiger partial charge in [0, 0.05) is 6.07 Å². The Morgan fingerprint density at radius 3 is 2.38 bits per heavy atom. The number of hydrogen-bond acceptors (Lipinski definition) is 4. The minimum absolute atomic E-state index is 0.0598. The number of ether oxygens (including phenoxy) is 1. The summed E-state index contributed by atoms with van der Waals surface area (Å²) >= 11 is 0. The van der Waals surface area contributed by atoms with Gasteiger partial charge >= 0.3 is 5.97 Å². The van der Waals surface area contributed by atoms with Crippen molar-refractivity contribution in [3.8, 4) is 11.5 Å². The highest BCUT2D eigenvalue weighted by atomic mass is 16.6. The highest BCUT2D eigenvalue weighted by Gasteiger charge is 2.12. The number of rotatable bonds is 4. The maximum absolute atomic E-state index is 10.9. The van der Waals surface area contributed by atoms with Crippen LogP contribution in [0.2, 0.25) is 0 Å². The van der Waals surface area contributed by atoms with Gasteiger partial charge in [-0.1, -0.05) is 0 Å². The fraction of sp³-hybridized carbons (Fsp3) is 0.133. The predicted octanol–water partition coefficient (Wildman–Crippen LogP) is 3.70. The molecule has 0 spiro atoms. The van der Waals surface area contributed by atoms with Crippen molar-refractivity contribution in [3.05, 3.63) is 63.2 Å². The molecule has 0 bridgehead atoms. The van der Waals surface area contributed by atoms with Crippen LogP contribution in [0.5, 0.6) is 11.5 Å². The Kier molecular flexibility index (Phi) is 3.89.